The Kier molecular flexibility index (Phi) is 3.81. The van der Waals surface area contributed by atoms with Gasteiger partial charge in [0, 0.05) is 19.3 Å². The average molecular weight is 308 g/mol. The van der Waals surface area contributed by atoms with Crippen LogP contribution in [0.15, 0.2) is 47.6 Å². The van der Waals surface area contributed by atoms with Gasteiger partial charge in [-0.05, 0) is 24.3 Å². The van der Waals surface area contributed by atoms with E-state index in [1.807, 2.05) is 0 Å². The zero-order valence-corrected chi connectivity index (χ0v) is 11.8. The number of pyridine rings is 1. The third-order valence-corrected chi connectivity index (χ3v) is 4.50. The Labute approximate surface area is 121 Å². The first-order valence-corrected chi connectivity index (χ1v) is 7.23. The molecule has 2 rings (SSSR count). The standard InChI is InChI=1S/C13H12N2O5S/c1-15(10-3-2-4-11(16)7-10)21(19,20)12-6-5-9(8-14-12)13(17)18/h2-8,16H,1H3,(H,17,18). The number of rotatable bonds is 4. The van der Waals surface area contributed by atoms with Crippen molar-refractivity contribution in [2.45, 2.75) is 5.03 Å². The number of carbonyl (C=O) groups is 1. The molecule has 0 amide bonds. The molecule has 1 heterocycles. The van der Waals surface area contributed by atoms with E-state index in [-0.39, 0.29) is 22.0 Å². The Morgan fingerprint density at radius 2 is 1.95 bits per heavy atom. The summed E-state index contributed by atoms with van der Waals surface area (Å²) in [6, 6.07) is 8.03. The maximum atomic E-state index is 12.4. The summed E-state index contributed by atoms with van der Waals surface area (Å²) >= 11 is 0. The predicted octanol–water partition coefficient (Wildman–Crippen LogP) is 1.31. The average Bonchev–Trinajstić information content (AvgIpc) is 2.46. The number of benzene rings is 1. The van der Waals surface area contributed by atoms with Gasteiger partial charge < -0.3 is 10.2 Å². The number of carboxylic acids is 1. The molecule has 0 saturated carbocycles. The Hall–Kier alpha value is -2.61. The molecule has 2 N–H and O–H groups in total. The lowest BCUT2D eigenvalue weighted by Gasteiger charge is -2.18. The largest absolute Gasteiger partial charge is 0.508 e. The molecule has 0 aliphatic carbocycles. The van der Waals surface area contributed by atoms with Crippen molar-refractivity contribution < 1.29 is 23.4 Å². The van der Waals surface area contributed by atoms with Crippen LogP contribution in [0.5, 0.6) is 5.75 Å². The molecule has 0 saturated heterocycles. The van der Waals surface area contributed by atoms with E-state index < -0.39 is 16.0 Å². The number of hydrogen-bond acceptors (Lipinski definition) is 5. The van der Waals surface area contributed by atoms with E-state index in [1.54, 1.807) is 0 Å². The lowest BCUT2D eigenvalue weighted by atomic mass is 10.3. The fraction of sp³-hybridized carbons (Fsp3) is 0.0769. The minimum Gasteiger partial charge on any atom is -0.508 e. The van der Waals surface area contributed by atoms with Gasteiger partial charge in [0.15, 0.2) is 5.03 Å². The topological polar surface area (TPSA) is 108 Å². The van der Waals surface area contributed by atoms with Crippen molar-refractivity contribution >= 4 is 21.7 Å². The molecule has 0 spiro atoms. The molecule has 21 heavy (non-hydrogen) atoms. The molecule has 0 aliphatic rings. The third kappa shape index (κ3) is 2.95. The summed E-state index contributed by atoms with van der Waals surface area (Å²) in [6.07, 6.45) is 0.978. The zero-order chi connectivity index (χ0) is 15.6. The van der Waals surface area contributed by atoms with Crippen LogP contribution in [-0.2, 0) is 10.0 Å². The van der Waals surface area contributed by atoms with Crippen molar-refractivity contribution in [2.75, 3.05) is 11.4 Å². The van der Waals surface area contributed by atoms with Crippen LogP contribution < -0.4 is 4.31 Å². The number of anilines is 1. The fourth-order valence-electron chi connectivity index (χ4n) is 1.63. The number of sulfonamides is 1. The number of phenols is 1. The molecular weight excluding hydrogens is 296 g/mol. The normalized spacial score (nSPS) is 11.1. The molecular formula is C13H12N2O5S. The Balaban J connectivity index is 2.39. The van der Waals surface area contributed by atoms with Crippen LogP contribution >= 0.6 is 0 Å². The zero-order valence-electron chi connectivity index (χ0n) is 11.0. The summed E-state index contributed by atoms with van der Waals surface area (Å²) in [5, 5.41) is 17.9. The summed E-state index contributed by atoms with van der Waals surface area (Å²) < 4.78 is 25.7. The van der Waals surface area contributed by atoms with Crippen LogP contribution in [0, 0.1) is 0 Å². The smallest absolute Gasteiger partial charge is 0.337 e. The van der Waals surface area contributed by atoms with Crippen molar-refractivity contribution in [1.29, 1.82) is 0 Å². The number of aromatic hydroxyl groups is 1. The quantitative estimate of drug-likeness (QED) is 0.881. The van der Waals surface area contributed by atoms with E-state index in [2.05, 4.69) is 4.98 Å². The maximum Gasteiger partial charge on any atom is 0.337 e. The molecule has 2 aromatic rings. The SMILES string of the molecule is CN(c1cccc(O)c1)S(=O)(=O)c1ccc(C(=O)O)cn1. The number of carboxylic acid groups (broad SMARTS) is 1. The highest BCUT2D eigenvalue weighted by Gasteiger charge is 2.23. The van der Waals surface area contributed by atoms with Crippen LogP contribution in [0.25, 0.3) is 0 Å². The van der Waals surface area contributed by atoms with Crippen molar-refractivity contribution in [3.63, 3.8) is 0 Å². The summed E-state index contributed by atoms with van der Waals surface area (Å²) in [5.74, 6) is -1.25. The molecule has 0 fully saturated rings. The molecule has 0 bridgehead atoms. The second kappa shape index (κ2) is 5.41. The van der Waals surface area contributed by atoms with Crippen molar-refractivity contribution in [3.05, 3.63) is 48.2 Å². The predicted molar refractivity (Wildman–Crippen MR) is 74.9 cm³/mol. The summed E-state index contributed by atoms with van der Waals surface area (Å²) in [7, 11) is -2.62. The molecule has 0 radical (unpaired) electrons. The summed E-state index contributed by atoms with van der Waals surface area (Å²) in [5.41, 5.74) is 0.160. The second-order valence-electron chi connectivity index (χ2n) is 4.18. The van der Waals surface area contributed by atoms with Crippen LogP contribution in [0.2, 0.25) is 0 Å². The minimum atomic E-state index is -3.93. The van der Waals surface area contributed by atoms with Gasteiger partial charge in [0.05, 0.1) is 11.3 Å². The Morgan fingerprint density at radius 1 is 1.24 bits per heavy atom. The molecule has 1 aromatic heterocycles. The Bertz CT molecular complexity index is 771. The van der Waals surface area contributed by atoms with Gasteiger partial charge in [0.1, 0.15) is 5.75 Å². The maximum absolute atomic E-state index is 12.4. The summed E-state index contributed by atoms with van der Waals surface area (Å²) in [4.78, 5) is 14.4. The number of phenolic OH excluding ortho intramolecular Hbond substituents is 1. The van der Waals surface area contributed by atoms with Gasteiger partial charge in [-0.2, -0.15) is 8.42 Å². The third-order valence-electron chi connectivity index (χ3n) is 2.80. The monoisotopic (exact) mass is 308 g/mol. The fourth-order valence-corrected chi connectivity index (χ4v) is 2.72. The van der Waals surface area contributed by atoms with Crippen LogP contribution in [0.1, 0.15) is 10.4 Å². The van der Waals surface area contributed by atoms with E-state index in [0.29, 0.717) is 0 Å². The second-order valence-corrected chi connectivity index (χ2v) is 6.10. The molecule has 0 aliphatic heterocycles. The van der Waals surface area contributed by atoms with Crippen molar-refractivity contribution in [1.82, 2.24) is 4.98 Å². The van der Waals surface area contributed by atoms with Crippen LogP contribution in [0.3, 0.4) is 0 Å². The lowest BCUT2D eigenvalue weighted by Crippen LogP contribution is -2.27. The van der Waals surface area contributed by atoms with E-state index in [4.69, 9.17) is 5.11 Å². The molecule has 110 valence electrons. The van der Waals surface area contributed by atoms with E-state index in [1.165, 1.54) is 37.4 Å². The summed E-state index contributed by atoms with van der Waals surface area (Å²) in [6.45, 7) is 0. The van der Waals surface area contributed by atoms with E-state index in [0.717, 1.165) is 16.6 Å². The van der Waals surface area contributed by atoms with E-state index in [9.17, 15) is 18.3 Å². The highest BCUT2D eigenvalue weighted by molar-refractivity contribution is 7.92. The first kappa shape index (κ1) is 14.8. The lowest BCUT2D eigenvalue weighted by molar-refractivity contribution is 0.0696. The van der Waals surface area contributed by atoms with Gasteiger partial charge in [0.2, 0.25) is 0 Å². The van der Waals surface area contributed by atoms with Gasteiger partial charge in [-0.25, -0.2) is 9.78 Å². The first-order chi connectivity index (χ1) is 9.82. The minimum absolute atomic E-state index is 0.0660. The number of aromatic carboxylic acids is 1. The highest BCUT2D eigenvalue weighted by atomic mass is 32.2. The first-order valence-electron chi connectivity index (χ1n) is 5.79. The van der Waals surface area contributed by atoms with Gasteiger partial charge in [-0.15, -0.1) is 0 Å². The molecule has 0 unspecified atom stereocenters. The molecule has 7 nitrogen and oxygen atoms in total. The van der Waals surface area contributed by atoms with Gasteiger partial charge in [-0.1, -0.05) is 6.07 Å². The molecule has 8 heteroatoms. The molecule has 1 aromatic carbocycles. The van der Waals surface area contributed by atoms with Gasteiger partial charge in [-0.3, -0.25) is 4.31 Å². The van der Waals surface area contributed by atoms with Crippen LogP contribution in [-0.4, -0.2) is 36.6 Å². The number of hydrogen-bond donors (Lipinski definition) is 2. The van der Waals surface area contributed by atoms with Crippen LogP contribution in [0.4, 0.5) is 5.69 Å². The highest BCUT2D eigenvalue weighted by Crippen LogP contribution is 2.24. The molecule has 0 atom stereocenters. The van der Waals surface area contributed by atoms with E-state index >= 15 is 0 Å². The van der Waals surface area contributed by atoms with Gasteiger partial charge >= 0.3 is 5.97 Å². The van der Waals surface area contributed by atoms with Gasteiger partial charge in [0.25, 0.3) is 10.0 Å². The number of aromatic nitrogens is 1. The van der Waals surface area contributed by atoms with Crippen molar-refractivity contribution in [2.24, 2.45) is 0 Å². The number of nitrogens with zero attached hydrogens (tertiary/aromatic N) is 2. The Morgan fingerprint density at radius 3 is 2.48 bits per heavy atom. The van der Waals surface area contributed by atoms with Crippen molar-refractivity contribution in [3.8, 4) is 5.75 Å².